The number of nitrogens with two attached hydrogens (primary N) is 2. The fourth-order valence-corrected chi connectivity index (χ4v) is 3.96. The molecule has 160 valence electrons. The number of aromatic nitrogens is 4. The second kappa shape index (κ2) is 7.13. The van der Waals surface area contributed by atoms with Gasteiger partial charge in [0.05, 0.1) is 6.33 Å². The van der Waals surface area contributed by atoms with Crippen molar-refractivity contribution in [2.24, 2.45) is 5.73 Å². The second-order valence-corrected chi connectivity index (χ2v) is 9.21. The van der Waals surface area contributed by atoms with Crippen molar-refractivity contribution >= 4 is 17.0 Å². The molecule has 2 aliphatic rings. The Morgan fingerprint density at radius 1 is 1.21 bits per heavy atom. The molecule has 10 heteroatoms. The molecule has 0 amide bonds. The number of likely N-dealkylation sites (N-methyl/N-ethyl adjacent to an activating group) is 1. The van der Waals surface area contributed by atoms with Gasteiger partial charge < -0.3 is 30.6 Å². The van der Waals surface area contributed by atoms with Crippen LogP contribution in [0.15, 0.2) is 12.7 Å². The molecule has 0 radical (unpaired) electrons. The zero-order valence-electron chi connectivity index (χ0n) is 17.7. The molecule has 0 aromatic carbocycles. The summed E-state index contributed by atoms with van der Waals surface area (Å²) in [7, 11) is 2.07. The van der Waals surface area contributed by atoms with Crippen molar-refractivity contribution in [1.29, 1.82) is 0 Å². The molecule has 10 nitrogen and oxygen atoms in total. The first-order chi connectivity index (χ1) is 13.5. The van der Waals surface area contributed by atoms with E-state index in [9.17, 15) is 0 Å². The number of nitrogen functional groups attached to an aromatic ring is 1. The van der Waals surface area contributed by atoms with E-state index in [0.717, 1.165) is 13.0 Å². The van der Waals surface area contributed by atoms with Gasteiger partial charge in [-0.25, -0.2) is 15.0 Å². The number of hydrogen-bond acceptors (Lipinski definition) is 9. The maximum Gasteiger partial charge on any atom is 0.167 e. The highest BCUT2D eigenvalue weighted by molar-refractivity contribution is 5.81. The molecule has 2 aromatic heterocycles. The van der Waals surface area contributed by atoms with Gasteiger partial charge in [0, 0.05) is 12.1 Å². The maximum atomic E-state index is 6.42. The van der Waals surface area contributed by atoms with Crippen LogP contribution in [0.4, 0.5) is 5.82 Å². The van der Waals surface area contributed by atoms with Crippen LogP contribution < -0.4 is 11.5 Å². The number of imidazole rings is 1. The quantitative estimate of drug-likeness (QED) is 0.720. The van der Waals surface area contributed by atoms with Crippen LogP contribution in [0.2, 0.25) is 0 Å². The van der Waals surface area contributed by atoms with E-state index in [4.69, 9.17) is 25.7 Å². The highest BCUT2D eigenvalue weighted by atomic mass is 16.8. The van der Waals surface area contributed by atoms with E-state index in [0.29, 0.717) is 23.5 Å². The fourth-order valence-electron chi connectivity index (χ4n) is 3.96. The lowest BCUT2D eigenvalue weighted by Crippen LogP contribution is -2.41. The van der Waals surface area contributed by atoms with Gasteiger partial charge in [-0.2, -0.15) is 0 Å². The van der Waals surface area contributed by atoms with Gasteiger partial charge >= 0.3 is 0 Å². The first-order valence-electron chi connectivity index (χ1n) is 9.96. The molecule has 0 aliphatic carbocycles. The molecule has 29 heavy (non-hydrogen) atoms. The molecule has 0 unspecified atom stereocenters. The molecule has 4 atom stereocenters. The normalized spacial score (nSPS) is 29.1. The molecule has 4 rings (SSSR count). The van der Waals surface area contributed by atoms with E-state index in [-0.39, 0.29) is 23.9 Å². The standard InChI is InChI=1S/C19H31N7O3/c1-18(2,21)6-7-25(5)8-11-13-14(29-19(3,4)28-13)17(27-11)26-10-24-12-15(20)22-9-23-16(12)26/h9-11,13-14,17H,6-8,21H2,1-5H3,(H2,20,22,23)/t11-,13-,14-,17-/m1/s1. The molecule has 2 saturated heterocycles. The largest absolute Gasteiger partial charge is 0.382 e. The molecular weight excluding hydrogens is 374 g/mol. The van der Waals surface area contributed by atoms with Gasteiger partial charge in [0.15, 0.2) is 23.5 Å². The van der Waals surface area contributed by atoms with Gasteiger partial charge in [-0.3, -0.25) is 4.57 Å². The van der Waals surface area contributed by atoms with Gasteiger partial charge in [0.2, 0.25) is 0 Å². The summed E-state index contributed by atoms with van der Waals surface area (Å²) in [6, 6.07) is 0. The van der Waals surface area contributed by atoms with E-state index in [2.05, 4.69) is 26.9 Å². The fraction of sp³-hybridized carbons (Fsp3) is 0.737. The number of nitrogens with zero attached hydrogens (tertiary/aromatic N) is 5. The molecule has 2 aliphatic heterocycles. The van der Waals surface area contributed by atoms with Crippen molar-refractivity contribution in [1.82, 2.24) is 24.4 Å². The number of fused-ring (bicyclic) bond motifs is 2. The Kier molecular flexibility index (Phi) is 5.02. The highest BCUT2D eigenvalue weighted by Crippen LogP contribution is 2.44. The van der Waals surface area contributed by atoms with Crippen molar-refractivity contribution in [2.75, 3.05) is 25.9 Å². The van der Waals surface area contributed by atoms with Gasteiger partial charge in [-0.15, -0.1) is 0 Å². The lowest BCUT2D eigenvalue weighted by molar-refractivity contribution is -0.197. The molecule has 0 saturated carbocycles. The molecule has 4 heterocycles. The number of rotatable bonds is 6. The van der Waals surface area contributed by atoms with E-state index in [1.165, 1.54) is 6.33 Å². The lowest BCUT2D eigenvalue weighted by Gasteiger charge is -2.28. The predicted octanol–water partition coefficient (Wildman–Crippen LogP) is 0.885. The van der Waals surface area contributed by atoms with Crippen LogP contribution in [0.1, 0.15) is 40.3 Å². The average molecular weight is 406 g/mol. The Morgan fingerprint density at radius 3 is 2.66 bits per heavy atom. The minimum absolute atomic E-state index is 0.158. The van der Waals surface area contributed by atoms with Crippen LogP contribution in [0, 0.1) is 0 Å². The van der Waals surface area contributed by atoms with E-state index in [1.807, 2.05) is 32.3 Å². The minimum atomic E-state index is -0.683. The first kappa shape index (κ1) is 20.4. The Bertz CT molecular complexity index is 878. The van der Waals surface area contributed by atoms with E-state index in [1.54, 1.807) is 6.33 Å². The summed E-state index contributed by atoms with van der Waals surface area (Å²) in [6.45, 7) is 9.49. The molecule has 0 bridgehead atoms. The van der Waals surface area contributed by atoms with Crippen molar-refractivity contribution < 1.29 is 14.2 Å². The first-order valence-corrected chi connectivity index (χ1v) is 9.96. The summed E-state index contributed by atoms with van der Waals surface area (Å²) in [6.07, 6.45) is 2.95. The third-order valence-electron chi connectivity index (χ3n) is 5.42. The zero-order chi connectivity index (χ0) is 21.0. The maximum absolute atomic E-state index is 6.42. The predicted molar refractivity (Wildman–Crippen MR) is 108 cm³/mol. The van der Waals surface area contributed by atoms with Crippen LogP contribution in [0.3, 0.4) is 0 Å². The summed E-state index contributed by atoms with van der Waals surface area (Å²) >= 11 is 0. The molecular formula is C19H31N7O3. The van der Waals surface area contributed by atoms with Crippen LogP contribution in [-0.4, -0.2) is 74.2 Å². The van der Waals surface area contributed by atoms with Gasteiger partial charge in [0.25, 0.3) is 0 Å². The number of hydrogen-bond donors (Lipinski definition) is 2. The van der Waals surface area contributed by atoms with Crippen molar-refractivity contribution in [2.45, 2.75) is 70.0 Å². The Labute approximate surface area is 170 Å². The number of ether oxygens (including phenoxy) is 3. The number of anilines is 1. The highest BCUT2D eigenvalue weighted by Gasteiger charge is 2.56. The van der Waals surface area contributed by atoms with Gasteiger partial charge in [-0.1, -0.05) is 0 Å². The van der Waals surface area contributed by atoms with Crippen molar-refractivity contribution in [3.8, 4) is 0 Å². The SMILES string of the molecule is CN(CCC(C)(C)N)C[C@H]1O[C@@H](n2cnc3c(N)ncnc32)[C@@H]2OC(C)(C)O[C@@H]21. The van der Waals surface area contributed by atoms with E-state index < -0.39 is 12.0 Å². The minimum Gasteiger partial charge on any atom is -0.382 e. The van der Waals surface area contributed by atoms with E-state index >= 15 is 0 Å². The Balaban J connectivity index is 1.57. The third-order valence-corrected chi connectivity index (χ3v) is 5.42. The zero-order valence-corrected chi connectivity index (χ0v) is 17.7. The summed E-state index contributed by atoms with van der Waals surface area (Å²) in [5, 5.41) is 0. The van der Waals surface area contributed by atoms with Crippen LogP contribution in [0.5, 0.6) is 0 Å². The van der Waals surface area contributed by atoms with Crippen molar-refractivity contribution in [3.63, 3.8) is 0 Å². The summed E-state index contributed by atoms with van der Waals surface area (Å²) in [5.41, 5.74) is 13.0. The molecule has 2 fully saturated rings. The monoisotopic (exact) mass is 405 g/mol. The van der Waals surface area contributed by atoms with Crippen LogP contribution in [-0.2, 0) is 14.2 Å². The summed E-state index contributed by atoms with van der Waals surface area (Å²) in [5.74, 6) is -0.342. The average Bonchev–Trinajstić information content (AvgIpc) is 3.25. The van der Waals surface area contributed by atoms with Gasteiger partial charge in [0.1, 0.15) is 30.2 Å². The molecule has 0 spiro atoms. The molecule has 2 aromatic rings. The van der Waals surface area contributed by atoms with Crippen LogP contribution >= 0.6 is 0 Å². The molecule has 4 N–H and O–H groups in total. The summed E-state index contributed by atoms with van der Waals surface area (Å²) < 4.78 is 20.7. The summed E-state index contributed by atoms with van der Waals surface area (Å²) in [4.78, 5) is 14.9. The van der Waals surface area contributed by atoms with Crippen LogP contribution in [0.25, 0.3) is 11.2 Å². The lowest BCUT2D eigenvalue weighted by atomic mass is 10.0. The van der Waals surface area contributed by atoms with Crippen molar-refractivity contribution in [3.05, 3.63) is 12.7 Å². The van der Waals surface area contributed by atoms with Gasteiger partial charge in [-0.05, 0) is 47.7 Å². The third kappa shape index (κ3) is 4.08. The Morgan fingerprint density at radius 2 is 1.93 bits per heavy atom. The topological polar surface area (TPSA) is 127 Å². The Hall–Kier alpha value is -1.85. The smallest absolute Gasteiger partial charge is 0.167 e. The second-order valence-electron chi connectivity index (χ2n) is 9.21.